The van der Waals surface area contributed by atoms with Crippen LogP contribution < -0.4 is 4.74 Å². The predicted molar refractivity (Wildman–Crippen MR) is 70.8 cm³/mol. The molecule has 0 radical (unpaired) electrons. The first-order chi connectivity index (χ1) is 9.15. The van der Waals surface area contributed by atoms with Crippen molar-refractivity contribution in [2.75, 3.05) is 0 Å². The number of hydrogen-bond acceptors (Lipinski definition) is 2. The minimum Gasteiger partial charge on any atom is -0.485 e. The summed E-state index contributed by atoms with van der Waals surface area (Å²) in [6.07, 6.45) is -0.706. The van der Waals surface area contributed by atoms with Crippen LogP contribution in [0.3, 0.4) is 0 Å². The second kappa shape index (κ2) is 4.83. The molecule has 1 aliphatic rings. The molecule has 0 aliphatic carbocycles. The molecule has 4 heteroatoms. The summed E-state index contributed by atoms with van der Waals surface area (Å²) >= 11 is 6.14. The Kier molecular flexibility index (Phi) is 3.17. The van der Waals surface area contributed by atoms with Crippen molar-refractivity contribution in [2.45, 2.75) is 18.6 Å². The number of halogens is 2. The van der Waals surface area contributed by atoms with E-state index in [-0.39, 0.29) is 11.9 Å². The molecule has 0 saturated carbocycles. The van der Waals surface area contributed by atoms with Gasteiger partial charge in [0, 0.05) is 22.6 Å². The first-order valence-electron chi connectivity index (χ1n) is 6.04. The highest BCUT2D eigenvalue weighted by Crippen LogP contribution is 2.42. The monoisotopic (exact) mass is 278 g/mol. The molecule has 2 unspecified atom stereocenters. The average molecular weight is 279 g/mol. The van der Waals surface area contributed by atoms with Crippen LogP contribution in [-0.2, 0) is 0 Å². The van der Waals surface area contributed by atoms with Gasteiger partial charge >= 0.3 is 0 Å². The molecule has 1 aliphatic heterocycles. The lowest BCUT2D eigenvalue weighted by atomic mass is 9.95. The molecule has 2 aromatic rings. The Labute approximate surface area is 115 Å². The average Bonchev–Trinajstić information content (AvgIpc) is 2.40. The van der Waals surface area contributed by atoms with E-state index >= 15 is 0 Å². The lowest BCUT2D eigenvalue weighted by Crippen LogP contribution is -2.19. The Morgan fingerprint density at radius 3 is 2.74 bits per heavy atom. The fraction of sp³-hybridized carbons (Fsp3) is 0.200. The maximum absolute atomic E-state index is 13.2. The van der Waals surface area contributed by atoms with Gasteiger partial charge in [0.15, 0.2) is 0 Å². The van der Waals surface area contributed by atoms with Gasteiger partial charge < -0.3 is 9.84 Å². The molecule has 0 saturated heterocycles. The topological polar surface area (TPSA) is 29.5 Å². The highest BCUT2D eigenvalue weighted by Gasteiger charge is 2.29. The van der Waals surface area contributed by atoms with Gasteiger partial charge in [0.25, 0.3) is 0 Å². The van der Waals surface area contributed by atoms with Crippen LogP contribution in [0.25, 0.3) is 0 Å². The lowest BCUT2D eigenvalue weighted by molar-refractivity contribution is 0.0654. The van der Waals surface area contributed by atoms with Crippen LogP contribution in [0.5, 0.6) is 5.75 Å². The molecule has 2 atom stereocenters. The number of hydrogen-bond donors (Lipinski definition) is 1. The van der Waals surface area contributed by atoms with E-state index in [1.165, 1.54) is 18.2 Å². The van der Waals surface area contributed by atoms with E-state index in [9.17, 15) is 9.50 Å². The highest BCUT2D eigenvalue weighted by atomic mass is 35.5. The summed E-state index contributed by atoms with van der Waals surface area (Å²) in [6, 6.07) is 11.5. The number of ether oxygens (including phenoxy) is 1. The third-order valence-corrected chi connectivity index (χ3v) is 3.63. The Morgan fingerprint density at radius 2 is 1.95 bits per heavy atom. The molecule has 3 rings (SSSR count). The zero-order chi connectivity index (χ0) is 13.4. The molecule has 2 aromatic carbocycles. The van der Waals surface area contributed by atoms with Crippen molar-refractivity contribution in [3.05, 3.63) is 64.4 Å². The molecular formula is C15H12ClFO2. The maximum atomic E-state index is 13.2. The minimum absolute atomic E-state index is 0.318. The van der Waals surface area contributed by atoms with Crippen LogP contribution >= 0.6 is 11.6 Å². The molecule has 1 heterocycles. The van der Waals surface area contributed by atoms with E-state index in [1.807, 2.05) is 18.2 Å². The molecule has 19 heavy (non-hydrogen) atoms. The summed E-state index contributed by atoms with van der Waals surface area (Å²) in [5.41, 5.74) is 1.32. The van der Waals surface area contributed by atoms with Gasteiger partial charge in [-0.15, -0.1) is 0 Å². The van der Waals surface area contributed by atoms with Crippen molar-refractivity contribution in [1.29, 1.82) is 0 Å². The molecule has 0 aromatic heterocycles. The molecule has 0 bridgehead atoms. The molecule has 0 fully saturated rings. The number of aliphatic hydroxyl groups is 1. The Morgan fingerprint density at radius 1 is 1.16 bits per heavy atom. The summed E-state index contributed by atoms with van der Waals surface area (Å²) in [4.78, 5) is 0. The van der Waals surface area contributed by atoms with Crippen molar-refractivity contribution >= 4 is 11.6 Å². The van der Waals surface area contributed by atoms with E-state index in [1.54, 1.807) is 6.07 Å². The van der Waals surface area contributed by atoms with E-state index in [0.29, 0.717) is 22.8 Å². The van der Waals surface area contributed by atoms with Crippen LogP contribution in [0.1, 0.15) is 29.8 Å². The van der Waals surface area contributed by atoms with Crippen molar-refractivity contribution < 1.29 is 14.2 Å². The van der Waals surface area contributed by atoms with Crippen molar-refractivity contribution in [1.82, 2.24) is 0 Å². The SMILES string of the molecule is OC1CC(c2ccccc2Cl)Oc2ccc(F)cc21. The van der Waals surface area contributed by atoms with Crippen LogP contribution in [0, 0.1) is 5.82 Å². The van der Waals surface area contributed by atoms with Gasteiger partial charge in [0.1, 0.15) is 17.7 Å². The quantitative estimate of drug-likeness (QED) is 0.853. The van der Waals surface area contributed by atoms with Gasteiger partial charge in [0.2, 0.25) is 0 Å². The van der Waals surface area contributed by atoms with Crippen LogP contribution in [0.4, 0.5) is 4.39 Å². The Bertz CT molecular complexity index is 615. The second-order valence-corrected chi connectivity index (χ2v) is 4.97. The lowest BCUT2D eigenvalue weighted by Gasteiger charge is -2.30. The Balaban J connectivity index is 1.97. The van der Waals surface area contributed by atoms with Gasteiger partial charge in [-0.05, 0) is 24.3 Å². The zero-order valence-corrected chi connectivity index (χ0v) is 10.8. The predicted octanol–water partition coefficient (Wildman–Crippen LogP) is 4.04. The largest absolute Gasteiger partial charge is 0.485 e. The van der Waals surface area contributed by atoms with E-state index in [0.717, 1.165) is 5.56 Å². The summed E-state index contributed by atoms with van der Waals surface area (Å²) in [5.74, 6) is 0.127. The Hall–Kier alpha value is -1.58. The maximum Gasteiger partial charge on any atom is 0.128 e. The summed E-state index contributed by atoms with van der Waals surface area (Å²) in [5, 5.41) is 10.7. The molecule has 1 N–H and O–H groups in total. The van der Waals surface area contributed by atoms with Crippen LogP contribution in [-0.4, -0.2) is 5.11 Å². The number of aliphatic hydroxyl groups excluding tert-OH is 1. The van der Waals surface area contributed by atoms with Crippen molar-refractivity contribution in [2.24, 2.45) is 0 Å². The fourth-order valence-electron chi connectivity index (χ4n) is 2.34. The van der Waals surface area contributed by atoms with Crippen LogP contribution in [0.2, 0.25) is 5.02 Å². The van der Waals surface area contributed by atoms with Gasteiger partial charge in [-0.1, -0.05) is 29.8 Å². The summed E-state index contributed by atoms with van der Waals surface area (Å²) in [7, 11) is 0. The van der Waals surface area contributed by atoms with E-state index in [2.05, 4.69) is 0 Å². The first-order valence-corrected chi connectivity index (χ1v) is 6.41. The van der Waals surface area contributed by atoms with Gasteiger partial charge in [-0.3, -0.25) is 0 Å². The van der Waals surface area contributed by atoms with E-state index < -0.39 is 6.10 Å². The third kappa shape index (κ3) is 2.31. The standard InChI is InChI=1S/C15H12ClFO2/c16-12-4-2-1-3-10(12)15-8-13(18)11-7-9(17)5-6-14(11)19-15/h1-7,13,15,18H,8H2. The van der Waals surface area contributed by atoms with Gasteiger partial charge in [-0.25, -0.2) is 4.39 Å². The minimum atomic E-state index is -0.749. The molecule has 98 valence electrons. The third-order valence-electron chi connectivity index (χ3n) is 3.29. The summed E-state index contributed by atoms with van der Waals surface area (Å²) in [6.45, 7) is 0. The number of fused-ring (bicyclic) bond motifs is 1. The van der Waals surface area contributed by atoms with Gasteiger partial charge in [0.05, 0.1) is 6.10 Å². The van der Waals surface area contributed by atoms with Crippen molar-refractivity contribution in [3.63, 3.8) is 0 Å². The second-order valence-electron chi connectivity index (χ2n) is 4.56. The zero-order valence-electron chi connectivity index (χ0n) is 10.0. The smallest absolute Gasteiger partial charge is 0.128 e. The summed E-state index contributed by atoms with van der Waals surface area (Å²) < 4.78 is 19.0. The number of benzene rings is 2. The molecule has 2 nitrogen and oxygen atoms in total. The molecule has 0 spiro atoms. The van der Waals surface area contributed by atoms with Crippen molar-refractivity contribution in [3.8, 4) is 5.75 Å². The fourth-order valence-corrected chi connectivity index (χ4v) is 2.60. The molecule has 0 amide bonds. The highest BCUT2D eigenvalue weighted by molar-refractivity contribution is 6.31. The van der Waals surface area contributed by atoms with Crippen LogP contribution in [0.15, 0.2) is 42.5 Å². The van der Waals surface area contributed by atoms with E-state index in [4.69, 9.17) is 16.3 Å². The van der Waals surface area contributed by atoms with Gasteiger partial charge in [-0.2, -0.15) is 0 Å². The first kappa shape index (κ1) is 12.5. The molecular weight excluding hydrogens is 267 g/mol. The number of rotatable bonds is 1. The normalized spacial score (nSPS) is 21.6.